The Bertz CT molecular complexity index is 466. The molecule has 1 saturated carbocycles. The van der Waals surface area contributed by atoms with Crippen molar-refractivity contribution in [2.75, 3.05) is 26.0 Å². The maximum absolute atomic E-state index is 12.3. The van der Waals surface area contributed by atoms with Gasteiger partial charge in [-0.2, -0.15) is 4.31 Å². The zero-order valence-corrected chi connectivity index (χ0v) is 13.4. The summed E-state index contributed by atoms with van der Waals surface area (Å²) >= 11 is 0. The van der Waals surface area contributed by atoms with E-state index in [1.165, 1.54) is 4.31 Å². The molecular weight excluding hydrogens is 292 g/mol. The quantitative estimate of drug-likeness (QED) is 0.764. The van der Waals surface area contributed by atoms with Crippen LogP contribution in [0.1, 0.15) is 38.5 Å². The van der Waals surface area contributed by atoms with Crippen LogP contribution in [0.25, 0.3) is 0 Å². The maximum atomic E-state index is 12.3. The molecule has 0 bridgehead atoms. The molecule has 1 aliphatic carbocycles. The van der Waals surface area contributed by atoms with Gasteiger partial charge in [-0.25, -0.2) is 8.42 Å². The number of carbonyl (C=O) groups excluding carboxylic acids is 1. The highest BCUT2D eigenvalue weighted by molar-refractivity contribution is 7.88. The van der Waals surface area contributed by atoms with Crippen molar-refractivity contribution in [1.82, 2.24) is 9.62 Å². The van der Waals surface area contributed by atoms with Crippen molar-refractivity contribution in [3.8, 4) is 0 Å². The smallest absolute Gasteiger partial charge is 0.238 e. The summed E-state index contributed by atoms with van der Waals surface area (Å²) in [7, 11) is -3.32. The minimum Gasteiger partial charge on any atom is -0.396 e. The first-order valence-corrected chi connectivity index (χ1v) is 9.63. The number of nitrogens with one attached hydrogen (secondary N) is 1. The summed E-state index contributed by atoms with van der Waals surface area (Å²) in [5.41, 5.74) is 0. The topological polar surface area (TPSA) is 86.7 Å². The van der Waals surface area contributed by atoms with Crippen LogP contribution in [0.5, 0.6) is 0 Å². The molecule has 7 heteroatoms. The highest BCUT2D eigenvalue weighted by Crippen LogP contribution is 2.29. The fourth-order valence-electron chi connectivity index (χ4n) is 3.54. The van der Waals surface area contributed by atoms with Crippen molar-refractivity contribution in [2.45, 2.75) is 44.6 Å². The average Bonchev–Trinajstić information content (AvgIpc) is 2.94. The largest absolute Gasteiger partial charge is 0.396 e. The van der Waals surface area contributed by atoms with Crippen molar-refractivity contribution in [3.63, 3.8) is 0 Å². The van der Waals surface area contributed by atoms with Crippen molar-refractivity contribution >= 4 is 15.9 Å². The predicted molar refractivity (Wildman–Crippen MR) is 80.1 cm³/mol. The highest BCUT2D eigenvalue weighted by atomic mass is 32.2. The Labute approximate surface area is 126 Å². The standard InChI is InChI=1S/C14H26N2O4S/c1-21(19,20)16-8-4-7-13(16)14(18)15-9-11-5-2-3-6-12(11)10-17/h11-13,17H,2-10H2,1H3,(H,15,18). The van der Waals surface area contributed by atoms with Crippen LogP contribution < -0.4 is 5.32 Å². The van der Waals surface area contributed by atoms with E-state index >= 15 is 0 Å². The highest BCUT2D eigenvalue weighted by Gasteiger charge is 2.36. The summed E-state index contributed by atoms with van der Waals surface area (Å²) in [5.74, 6) is 0.370. The van der Waals surface area contributed by atoms with Gasteiger partial charge in [-0.3, -0.25) is 4.79 Å². The molecule has 2 aliphatic rings. The molecule has 0 radical (unpaired) electrons. The van der Waals surface area contributed by atoms with E-state index in [2.05, 4.69) is 5.32 Å². The first-order valence-electron chi connectivity index (χ1n) is 7.79. The second-order valence-electron chi connectivity index (χ2n) is 6.26. The molecule has 122 valence electrons. The van der Waals surface area contributed by atoms with E-state index in [-0.39, 0.29) is 18.4 Å². The molecule has 1 heterocycles. The number of amides is 1. The van der Waals surface area contributed by atoms with Gasteiger partial charge < -0.3 is 10.4 Å². The molecule has 1 aliphatic heterocycles. The van der Waals surface area contributed by atoms with Crippen LogP contribution in [-0.2, 0) is 14.8 Å². The van der Waals surface area contributed by atoms with Crippen LogP contribution >= 0.6 is 0 Å². The number of rotatable bonds is 5. The van der Waals surface area contributed by atoms with Gasteiger partial charge in [0.25, 0.3) is 0 Å². The summed E-state index contributed by atoms with van der Waals surface area (Å²) in [4.78, 5) is 12.3. The van der Waals surface area contributed by atoms with Crippen molar-refractivity contribution < 1.29 is 18.3 Å². The lowest BCUT2D eigenvalue weighted by molar-refractivity contribution is -0.124. The number of aliphatic hydroxyl groups excluding tert-OH is 1. The molecule has 2 N–H and O–H groups in total. The van der Waals surface area contributed by atoms with Crippen LogP contribution in [-0.4, -0.2) is 55.7 Å². The summed E-state index contributed by atoms with van der Waals surface area (Å²) < 4.78 is 24.6. The van der Waals surface area contributed by atoms with Gasteiger partial charge in [-0.1, -0.05) is 12.8 Å². The third-order valence-corrected chi connectivity index (χ3v) is 6.06. The summed E-state index contributed by atoms with van der Waals surface area (Å²) in [6.07, 6.45) is 6.78. The molecule has 3 atom stereocenters. The normalized spacial score (nSPS) is 31.2. The number of hydrogen-bond donors (Lipinski definition) is 2. The molecule has 2 fully saturated rings. The average molecular weight is 318 g/mol. The van der Waals surface area contributed by atoms with Gasteiger partial charge in [0, 0.05) is 19.7 Å². The summed E-state index contributed by atoms with van der Waals surface area (Å²) in [5, 5.41) is 12.3. The van der Waals surface area contributed by atoms with Gasteiger partial charge in [0.05, 0.1) is 6.26 Å². The van der Waals surface area contributed by atoms with Crippen molar-refractivity contribution in [3.05, 3.63) is 0 Å². The van der Waals surface area contributed by atoms with Crippen molar-refractivity contribution in [1.29, 1.82) is 0 Å². The van der Waals surface area contributed by atoms with Crippen molar-refractivity contribution in [2.24, 2.45) is 11.8 Å². The molecule has 0 spiro atoms. The Kier molecular flexibility index (Phi) is 5.62. The maximum Gasteiger partial charge on any atom is 0.238 e. The summed E-state index contributed by atoms with van der Waals surface area (Å²) in [6.45, 7) is 1.14. The molecule has 0 aromatic carbocycles. The first kappa shape index (κ1) is 16.7. The van der Waals surface area contributed by atoms with Crippen LogP contribution in [0, 0.1) is 11.8 Å². The van der Waals surface area contributed by atoms with E-state index in [1.807, 2.05) is 0 Å². The minimum absolute atomic E-state index is 0.166. The number of sulfonamides is 1. The lowest BCUT2D eigenvalue weighted by Gasteiger charge is -2.31. The molecule has 2 rings (SSSR count). The Hall–Kier alpha value is -0.660. The van der Waals surface area contributed by atoms with Gasteiger partial charge in [0.15, 0.2) is 0 Å². The van der Waals surface area contributed by atoms with Crippen LogP contribution in [0.4, 0.5) is 0 Å². The Morgan fingerprint density at radius 1 is 1.19 bits per heavy atom. The number of aliphatic hydroxyl groups is 1. The SMILES string of the molecule is CS(=O)(=O)N1CCCC1C(=O)NCC1CCCCC1CO. The van der Waals surface area contributed by atoms with Crippen LogP contribution in [0.3, 0.4) is 0 Å². The third-order valence-electron chi connectivity index (χ3n) is 4.77. The monoisotopic (exact) mass is 318 g/mol. The molecule has 1 amide bonds. The third kappa shape index (κ3) is 4.17. The zero-order valence-electron chi connectivity index (χ0n) is 12.6. The van der Waals surface area contributed by atoms with Crippen LogP contribution in [0.15, 0.2) is 0 Å². The van der Waals surface area contributed by atoms with Gasteiger partial charge in [-0.05, 0) is 37.5 Å². The molecular formula is C14H26N2O4S. The van der Waals surface area contributed by atoms with E-state index in [4.69, 9.17) is 0 Å². The van der Waals surface area contributed by atoms with E-state index in [0.717, 1.165) is 38.4 Å². The number of hydrogen-bond acceptors (Lipinski definition) is 4. The minimum atomic E-state index is -3.32. The summed E-state index contributed by atoms with van der Waals surface area (Å²) in [6, 6.07) is -0.559. The Morgan fingerprint density at radius 3 is 2.48 bits per heavy atom. The van der Waals surface area contributed by atoms with E-state index < -0.39 is 16.1 Å². The van der Waals surface area contributed by atoms with E-state index in [1.54, 1.807) is 0 Å². The predicted octanol–water partition coefficient (Wildman–Crippen LogP) is 0.325. The van der Waals surface area contributed by atoms with E-state index in [9.17, 15) is 18.3 Å². The van der Waals surface area contributed by atoms with Crippen LogP contribution in [0.2, 0.25) is 0 Å². The Morgan fingerprint density at radius 2 is 1.86 bits per heavy atom. The van der Waals surface area contributed by atoms with Gasteiger partial charge in [0.1, 0.15) is 6.04 Å². The molecule has 6 nitrogen and oxygen atoms in total. The molecule has 1 saturated heterocycles. The van der Waals surface area contributed by atoms with E-state index in [0.29, 0.717) is 25.4 Å². The number of nitrogens with zero attached hydrogens (tertiary/aromatic N) is 1. The lowest BCUT2D eigenvalue weighted by Crippen LogP contribution is -2.47. The molecule has 0 aromatic rings. The van der Waals surface area contributed by atoms with Gasteiger partial charge in [0.2, 0.25) is 15.9 Å². The molecule has 3 unspecified atom stereocenters. The number of carbonyl (C=O) groups is 1. The molecule has 21 heavy (non-hydrogen) atoms. The fourth-order valence-corrected chi connectivity index (χ4v) is 4.67. The molecule has 0 aromatic heterocycles. The van der Waals surface area contributed by atoms with Gasteiger partial charge >= 0.3 is 0 Å². The second kappa shape index (κ2) is 7.07. The Balaban J connectivity index is 1.89. The zero-order chi connectivity index (χ0) is 15.5. The lowest BCUT2D eigenvalue weighted by atomic mass is 9.79. The van der Waals surface area contributed by atoms with Gasteiger partial charge in [-0.15, -0.1) is 0 Å². The fraction of sp³-hybridized carbons (Fsp3) is 0.929. The first-order chi connectivity index (χ1) is 9.93. The second-order valence-corrected chi connectivity index (χ2v) is 8.20.